The summed E-state index contributed by atoms with van der Waals surface area (Å²) in [5, 5.41) is 4.33. The van der Waals surface area contributed by atoms with Crippen LogP contribution in [0.2, 0.25) is 0 Å². The molecular formula is C27H37N3O3S. The first kappa shape index (κ1) is 25.9. The number of hydrogen-bond donors (Lipinski definition) is 1. The minimum absolute atomic E-state index is 0.141. The number of nitrogens with one attached hydrogen (secondary N) is 1. The molecule has 0 bridgehead atoms. The average molecular weight is 484 g/mol. The number of nitrogens with zero attached hydrogens (tertiary/aromatic N) is 2. The summed E-state index contributed by atoms with van der Waals surface area (Å²) in [7, 11) is -3.93. The molecule has 2 aromatic carbocycles. The van der Waals surface area contributed by atoms with Crippen molar-refractivity contribution < 1.29 is 13.2 Å². The zero-order chi connectivity index (χ0) is 24.9. The molecule has 1 N–H and O–H groups in total. The predicted molar refractivity (Wildman–Crippen MR) is 138 cm³/mol. The molecule has 184 valence electrons. The number of hydrazone groups is 1. The minimum atomic E-state index is -3.93. The lowest BCUT2D eigenvalue weighted by Gasteiger charge is -2.34. The zero-order valence-corrected chi connectivity index (χ0v) is 21.7. The molecule has 0 atom stereocenters. The molecule has 1 aliphatic carbocycles. The van der Waals surface area contributed by atoms with Crippen LogP contribution < -0.4 is 9.73 Å². The van der Waals surface area contributed by atoms with Crippen LogP contribution in [-0.2, 0) is 14.8 Å². The van der Waals surface area contributed by atoms with Crippen LogP contribution in [0.25, 0.3) is 0 Å². The quantitative estimate of drug-likeness (QED) is 0.512. The Labute approximate surface area is 204 Å². The minimum Gasteiger partial charge on any atom is -0.271 e. The zero-order valence-electron chi connectivity index (χ0n) is 20.9. The lowest BCUT2D eigenvalue weighted by molar-refractivity contribution is -0.119. The number of amides is 1. The van der Waals surface area contributed by atoms with Gasteiger partial charge >= 0.3 is 0 Å². The average Bonchev–Trinajstić information content (AvgIpc) is 2.81. The van der Waals surface area contributed by atoms with Crippen molar-refractivity contribution >= 4 is 27.3 Å². The molecule has 2 aromatic rings. The highest BCUT2D eigenvalue weighted by Crippen LogP contribution is 2.36. The van der Waals surface area contributed by atoms with Crippen molar-refractivity contribution in [1.82, 2.24) is 5.43 Å². The first-order chi connectivity index (χ1) is 16.0. The standard InChI is InChI=1S/C27H37N3O3S/c1-20(2)21-11-17-24(18-12-21)30(34(32,33)25-9-7-6-8-10-25)19-26(31)29-28-23-15-13-22(14-16-23)27(3,4)5/h6-12,17-18,20,22H,13-16,19H2,1-5H3,(H,29,31). The molecule has 0 unspecified atom stereocenters. The van der Waals surface area contributed by atoms with Crippen molar-refractivity contribution in [3.05, 3.63) is 60.2 Å². The fraction of sp³-hybridized carbons (Fsp3) is 0.481. The number of hydrogen-bond acceptors (Lipinski definition) is 4. The van der Waals surface area contributed by atoms with E-state index in [0.29, 0.717) is 17.5 Å². The third-order valence-corrected chi connectivity index (χ3v) is 8.38. The molecule has 6 nitrogen and oxygen atoms in total. The highest BCUT2D eigenvalue weighted by molar-refractivity contribution is 7.92. The third kappa shape index (κ3) is 6.47. The van der Waals surface area contributed by atoms with Crippen LogP contribution in [0.3, 0.4) is 0 Å². The second-order valence-corrected chi connectivity index (χ2v) is 12.3. The van der Waals surface area contributed by atoms with Gasteiger partial charge in [0.25, 0.3) is 15.9 Å². The normalized spacial score (nSPS) is 16.9. The van der Waals surface area contributed by atoms with Crippen molar-refractivity contribution in [2.75, 3.05) is 10.8 Å². The van der Waals surface area contributed by atoms with Crippen LogP contribution in [0.1, 0.15) is 71.8 Å². The first-order valence-electron chi connectivity index (χ1n) is 12.0. The molecule has 1 aliphatic rings. The van der Waals surface area contributed by atoms with E-state index in [4.69, 9.17) is 0 Å². The van der Waals surface area contributed by atoms with E-state index in [1.54, 1.807) is 30.3 Å². The van der Waals surface area contributed by atoms with E-state index < -0.39 is 15.9 Å². The summed E-state index contributed by atoms with van der Waals surface area (Å²) in [5.41, 5.74) is 5.38. The number of sulfonamides is 1. The molecule has 0 saturated heterocycles. The maximum atomic E-state index is 13.4. The topological polar surface area (TPSA) is 78.8 Å². The van der Waals surface area contributed by atoms with Gasteiger partial charge < -0.3 is 0 Å². The molecule has 0 radical (unpaired) electrons. The van der Waals surface area contributed by atoms with E-state index in [1.807, 2.05) is 12.1 Å². The molecular weight excluding hydrogens is 446 g/mol. The van der Waals surface area contributed by atoms with Gasteiger partial charge in [0.2, 0.25) is 0 Å². The third-order valence-electron chi connectivity index (χ3n) is 6.59. The van der Waals surface area contributed by atoms with Crippen LogP contribution in [0.15, 0.2) is 64.6 Å². The second-order valence-electron chi connectivity index (χ2n) is 10.4. The van der Waals surface area contributed by atoms with Crippen molar-refractivity contribution in [2.45, 2.75) is 71.1 Å². The Kier molecular flexibility index (Phi) is 8.18. The molecule has 1 amide bonds. The van der Waals surface area contributed by atoms with Gasteiger partial charge in [-0.25, -0.2) is 13.8 Å². The van der Waals surface area contributed by atoms with Crippen molar-refractivity contribution in [3.8, 4) is 0 Å². The van der Waals surface area contributed by atoms with Crippen LogP contribution in [0.4, 0.5) is 5.69 Å². The van der Waals surface area contributed by atoms with Gasteiger partial charge in [-0.05, 0) is 72.8 Å². The molecule has 0 spiro atoms. The fourth-order valence-electron chi connectivity index (χ4n) is 4.30. The van der Waals surface area contributed by atoms with E-state index in [9.17, 15) is 13.2 Å². The summed E-state index contributed by atoms with van der Waals surface area (Å²) in [4.78, 5) is 13.0. The van der Waals surface area contributed by atoms with E-state index in [1.165, 1.54) is 12.1 Å². The maximum absolute atomic E-state index is 13.4. The Bertz CT molecular complexity index is 1090. The molecule has 1 fully saturated rings. The van der Waals surface area contributed by atoms with Crippen LogP contribution in [0, 0.1) is 11.3 Å². The van der Waals surface area contributed by atoms with Crippen LogP contribution in [0.5, 0.6) is 0 Å². The predicted octanol–water partition coefficient (Wildman–Crippen LogP) is 5.71. The van der Waals surface area contributed by atoms with Crippen molar-refractivity contribution in [1.29, 1.82) is 0 Å². The van der Waals surface area contributed by atoms with Gasteiger partial charge in [0, 0.05) is 5.71 Å². The van der Waals surface area contributed by atoms with Crippen molar-refractivity contribution in [3.63, 3.8) is 0 Å². The highest BCUT2D eigenvalue weighted by atomic mass is 32.2. The lowest BCUT2D eigenvalue weighted by atomic mass is 9.72. The van der Waals surface area contributed by atoms with Gasteiger partial charge in [0.1, 0.15) is 6.54 Å². The Balaban J connectivity index is 1.77. The van der Waals surface area contributed by atoms with E-state index in [0.717, 1.165) is 41.3 Å². The molecule has 0 aromatic heterocycles. The number of carbonyl (C=O) groups is 1. The summed E-state index contributed by atoms with van der Waals surface area (Å²) in [5.74, 6) is 0.501. The number of benzene rings is 2. The van der Waals surface area contributed by atoms with Gasteiger partial charge in [-0.1, -0.05) is 65.0 Å². The molecule has 0 aliphatic heterocycles. The molecule has 1 saturated carbocycles. The van der Waals surface area contributed by atoms with Gasteiger partial charge in [-0.3, -0.25) is 9.10 Å². The summed E-state index contributed by atoms with van der Waals surface area (Å²) in [6.07, 6.45) is 3.81. The van der Waals surface area contributed by atoms with E-state index >= 15 is 0 Å². The smallest absolute Gasteiger partial charge is 0.264 e. The van der Waals surface area contributed by atoms with Gasteiger partial charge in [-0.2, -0.15) is 5.10 Å². The Morgan fingerprint density at radius 2 is 1.62 bits per heavy atom. The Morgan fingerprint density at radius 3 is 2.15 bits per heavy atom. The van der Waals surface area contributed by atoms with E-state index in [-0.39, 0.29) is 16.9 Å². The number of carbonyl (C=O) groups excluding carboxylic acids is 1. The Morgan fingerprint density at radius 1 is 1.03 bits per heavy atom. The summed E-state index contributed by atoms with van der Waals surface area (Å²) < 4.78 is 28.0. The highest BCUT2D eigenvalue weighted by Gasteiger charge is 2.29. The monoisotopic (exact) mass is 483 g/mol. The molecule has 34 heavy (non-hydrogen) atoms. The first-order valence-corrected chi connectivity index (χ1v) is 13.4. The maximum Gasteiger partial charge on any atom is 0.264 e. The van der Waals surface area contributed by atoms with Crippen molar-refractivity contribution in [2.24, 2.45) is 16.4 Å². The molecule has 3 rings (SSSR count). The summed E-state index contributed by atoms with van der Waals surface area (Å²) in [6, 6.07) is 15.5. The van der Waals surface area contributed by atoms with Crippen LogP contribution >= 0.6 is 0 Å². The molecule has 7 heteroatoms. The van der Waals surface area contributed by atoms with Gasteiger partial charge in [0.15, 0.2) is 0 Å². The summed E-state index contributed by atoms with van der Waals surface area (Å²) in [6.45, 7) is 10.6. The Hall–Kier alpha value is -2.67. The second kappa shape index (κ2) is 10.7. The lowest BCUT2D eigenvalue weighted by Crippen LogP contribution is -2.40. The van der Waals surface area contributed by atoms with Gasteiger partial charge in [-0.15, -0.1) is 0 Å². The summed E-state index contributed by atoms with van der Waals surface area (Å²) >= 11 is 0. The van der Waals surface area contributed by atoms with Gasteiger partial charge in [0.05, 0.1) is 10.6 Å². The van der Waals surface area contributed by atoms with E-state index in [2.05, 4.69) is 45.1 Å². The largest absolute Gasteiger partial charge is 0.271 e. The van der Waals surface area contributed by atoms with Crippen LogP contribution in [-0.4, -0.2) is 26.6 Å². The number of rotatable bonds is 7. The number of anilines is 1. The fourth-order valence-corrected chi connectivity index (χ4v) is 5.74. The SMILES string of the molecule is CC(C)c1ccc(N(CC(=O)NN=C2CCC(C(C)(C)C)CC2)S(=O)(=O)c2ccccc2)cc1. The molecule has 0 heterocycles.